The molecule has 1 fully saturated rings. The van der Waals surface area contributed by atoms with Crippen LogP contribution in [-0.4, -0.2) is 23.8 Å². The summed E-state index contributed by atoms with van der Waals surface area (Å²) in [5, 5.41) is 0. The molecule has 0 heterocycles. The summed E-state index contributed by atoms with van der Waals surface area (Å²) in [4.78, 5) is 11.7. The first-order valence-corrected chi connectivity index (χ1v) is 5.57. The lowest BCUT2D eigenvalue weighted by atomic mass is 9.94. The summed E-state index contributed by atoms with van der Waals surface area (Å²) >= 11 is 0. The molecule has 6 heteroatoms. The maximum absolute atomic E-state index is 12.5. The second-order valence-corrected chi connectivity index (χ2v) is 5.46. The quantitative estimate of drug-likeness (QED) is 0.785. The van der Waals surface area contributed by atoms with Crippen molar-refractivity contribution < 1.29 is 22.7 Å². The van der Waals surface area contributed by atoms with Gasteiger partial charge in [0.05, 0.1) is 5.92 Å². The Kier molecular flexibility index (Phi) is 3.76. The number of rotatable bonds is 3. The van der Waals surface area contributed by atoms with E-state index in [-0.39, 0.29) is 5.92 Å². The molecule has 0 amide bonds. The molecule has 1 rings (SSSR count). The van der Waals surface area contributed by atoms with Gasteiger partial charge in [0.15, 0.2) is 0 Å². The summed E-state index contributed by atoms with van der Waals surface area (Å²) in [7, 11) is 0. The highest BCUT2D eigenvalue weighted by atomic mass is 19.4. The standard InChI is InChI=1S/C11H18F3NO2/c1-10(2,3)17-9(16)7(6-4-5-6)8(15)11(12,13)14/h6-8H,4-5,15H2,1-3H3/t7-,8-/m1/s1. The second kappa shape index (κ2) is 4.48. The van der Waals surface area contributed by atoms with Crippen LogP contribution in [0.25, 0.3) is 0 Å². The van der Waals surface area contributed by atoms with Gasteiger partial charge in [0, 0.05) is 0 Å². The number of halogens is 3. The van der Waals surface area contributed by atoms with Crippen molar-refractivity contribution >= 4 is 5.97 Å². The van der Waals surface area contributed by atoms with E-state index < -0.39 is 29.7 Å². The normalized spacial score (nSPS) is 20.9. The number of carbonyl (C=O) groups excluding carboxylic acids is 1. The molecule has 0 bridgehead atoms. The van der Waals surface area contributed by atoms with Gasteiger partial charge in [-0.05, 0) is 39.5 Å². The molecule has 0 radical (unpaired) electrons. The molecule has 17 heavy (non-hydrogen) atoms. The van der Waals surface area contributed by atoms with E-state index in [1.165, 1.54) is 0 Å². The predicted molar refractivity (Wildman–Crippen MR) is 56.1 cm³/mol. The molecule has 1 aliphatic rings. The van der Waals surface area contributed by atoms with E-state index in [9.17, 15) is 18.0 Å². The van der Waals surface area contributed by atoms with Gasteiger partial charge in [-0.2, -0.15) is 13.2 Å². The number of carbonyl (C=O) groups is 1. The van der Waals surface area contributed by atoms with Gasteiger partial charge in [-0.25, -0.2) is 0 Å². The molecule has 0 aromatic carbocycles. The van der Waals surface area contributed by atoms with Crippen molar-refractivity contribution in [1.29, 1.82) is 0 Å². The highest BCUT2D eigenvalue weighted by Gasteiger charge is 2.52. The van der Waals surface area contributed by atoms with Crippen LogP contribution in [0.4, 0.5) is 13.2 Å². The molecular weight excluding hydrogens is 235 g/mol. The molecular formula is C11H18F3NO2. The molecule has 0 aliphatic heterocycles. The molecule has 0 spiro atoms. The van der Waals surface area contributed by atoms with Gasteiger partial charge in [0.25, 0.3) is 0 Å². The fourth-order valence-electron chi connectivity index (χ4n) is 1.66. The van der Waals surface area contributed by atoms with E-state index in [0.29, 0.717) is 12.8 Å². The van der Waals surface area contributed by atoms with Crippen molar-refractivity contribution in [1.82, 2.24) is 0 Å². The van der Waals surface area contributed by atoms with Crippen molar-refractivity contribution in [2.45, 2.75) is 51.4 Å². The zero-order valence-electron chi connectivity index (χ0n) is 10.2. The van der Waals surface area contributed by atoms with Gasteiger partial charge in [-0.3, -0.25) is 4.79 Å². The van der Waals surface area contributed by atoms with E-state index in [4.69, 9.17) is 10.5 Å². The average molecular weight is 253 g/mol. The van der Waals surface area contributed by atoms with Gasteiger partial charge in [-0.15, -0.1) is 0 Å². The van der Waals surface area contributed by atoms with Gasteiger partial charge >= 0.3 is 12.1 Å². The molecule has 0 saturated heterocycles. The molecule has 0 aromatic rings. The second-order valence-electron chi connectivity index (χ2n) is 5.46. The third-order valence-corrected chi connectivity index (χ3v) is 2.57. The fourth-order valence-corrected chi connectivity index (χ4v) is 1.66. The molecule has 3 nitrogen and oxygen atoms in total. The maximum atomic E-state index is 12.5. The summed E-state index contributed by atoms with van der Waals surface area (Å²) in [6, 6.07) is -2.13. The minimum absolute atomic E-state index is 0.290. The Bertz CT molecular complexity index is 292. The van der Waals surface area contributed by atoms with Gasteiger partial charge < -0.3 is 10.5 Å². The Morgan fingerprint density at radius 1 is 1.29 bits per heavy atom. The van der Waals surface area contributed by atoms with Crippen LogP contribution in [0.15, 0.2) is 0 Å². The molecule has 100 valence electrons. The average Bonchev–Trinajstić information content (AvgIpc) is 2.82. The molecule has 2 atom stereocenters. The summed E-state index contributed by atoms with van der Waals surface area (Å²) in [5.74, 6) is -2.40. The largest absolute Gasteiger partial charge is 0.460 e. The van der Waals surface area contributed by atoms with Crippen LogP contribution in [0, 0.1) is 11.8 Å². The van der Waals surface area contributed by atoms with E-state index >= 15 is 0 Å². The van der Waals surface area contributed by atoms with Crippen LogP contribution in [0.2, 0.25) is 0 Å². The SMILES string of the molecule is CC(C)(C)OC(=O)[C@H](C1CC1)[C@@H](N)C(F)(F)F. The van der Waals surface area contributed by atoms with Crippen LogP contribution in [-0.2, 0) is 9.53 Å². The summed E-state index contributed by atoms with van der Waals surface area (Å²) in [5.41, 5.74) is 4.33. The number of ether oxygens (including phenoxy) is 1. The van der Waals surface area contributed by atoms with Crippen molar-refractivity contribution in [3.05, 3.63) is 0 Å². The fraction of sp³-hybridized carbons (Fsp3) is 0.909. The lowest BCUT2D eigenvalue weighted by Gasteiger charge is -2.28. The first kappa shape index (κ1) is 14.3. The Hall–Kier alpha value is -0.780. The summed E-state index contributed by atoms with van der Waals surface area (Å²) < 4.78 is 42.6. The summed E-state index contributed by atoms with van der Waals surface area (Å²) in [6.45, 7) is 4.86. The highest BCUT2D eigenvalue weighted by Crippen LogP contribution is 2.42. The van der Waals surface area contributed by atoms with Crippen molar-refractivity contribution in [3.63, 3.8) is 0 Å². The zero-order chi connectivity index (χ0) is 13.4. The number of hydrogen-bond acceptors (Lipinski definition) is 3. The minimum Gasteiger partial charge on any atom is -0.460 e. The van der Waals surface area contributed by atoms with Crippen LogP contribution >= 0.6 is 0 Å². The number of esters is 1. The first-order chi connectivity index (χ1) is 7.52. The third kappa shape index (κ3) is 4.18. The zero-order valence-corrected chi connectivity index (χ0v) is 10.2. The summed E-state index contributed by atoms with van der Waals surface area (Å²) in [6.07, 6.45) is -3.36. The van der Waals surface area contributed by atoms with Crippen molar-refractivity contribution in [2.24, 2.45) is 17.6 Å². The van der Waals surface area contributed by atoms with E-state index in [2.05, 4.69) is 0 Å². The Labute approximate surface area is 98.5 Å². The van der Waals surface area contributed by atoms with Gasteiger partial charge in [0.1, 0.15) is 11.6 Å². The van der Waals surface area contributed by atoms with E-state index in [1.54, 1.807) is 20.8 Å². The third-order valence-electron chi connectivity index (χ3n) is 2.57. The van der Waals surface area contributed by atoms with Gasteiger partial charge in [-0.1, -0.05) is 0 Å². The Morgan fingerprint density at radius 3 is 2.06 bits per heavy atom. The molecule has 0 unspecified atom stereocenters. The molecule has 0 aromatic heterocycles. The number of alkyl halides is 3. The highest BCUT2D eigenvalue weighted by molar-refractivity contribution is 5.74. The lowest BCUT2D eigenvalue weighted by Crippen LogP contribution is -2.49. The van der Waals surface area contributed by atoms with Crippen LogP contribution in [0.1, 0.15) is 33.6 Å². The van der Waals surface area contributed by atoms with Crippen LogP contribution < -0.4 is 5.73 Å². The Balaban J connectivity index is 2.76. The lowest BCUT2D eigenvalue weighted by molar-refractivity contribution is -0.184. The minimum atomic E-state index is -4.57. The predicted octanol–water partition coefficient (Wildman–Crippen LogP) is 2.24. The molecule has 1 aliphatic carbocycles. The van der Waals surface area contributed by atoms with Crippen molar-refractivity contribution in [3.8, 4) is 0 Å². The van der Waals surface area contributed by atoms with Gasteiger partial charge in [0.2, 0.25) is 0 Å². The van der Waals surface area contributed by atoms with Crippen LogP contribution in [0.3, 0.4) is 0 Å². The monoisotopic (exact) mass is 253 g/mol. The molecule has 2 N–H and O–H groups in total. The Morgan fingerprint density at radius 2 is 1.76 bits per heavy atom. The topological polar surface area (TPSA) is 52.3 Å². The van der Waals surface area contributed by atoms with E-state index in [0.717, 1.165) is 0 Å². The maximum Gasteiger partial charge on any atom is 0.404 e. The number of nitrogens with two attached hydrogens (primary N) is 1. The van der Waals surface area contributed by atoms with Crippen LogP contribution in [0.5, 0.6) is 0 Å². The van der Waals surface area contributed by atoms with Crippen molar-refractivity contribution in [2.75, 3.05) is 0 Å². The first-order valence-electron chi connectivity index (χ1n) is 5.57. The van der Waals surface area contributed by atoms with E-state index in [1.807, 2.05) is 0 Å². The number of hydrogen-bond donors (Lipinski definition) is 1. The smallest absolute Gasteiger partial charge is 0.404 e. The molecule has 1 saturated carbocycles.